The van der Waals surface area contributed by atoms with Gasteiger partial charge in [0.25, 0.3) is 0 Å². The van der Waals surface area contributed by atoms with E-state index < -0.39 is 9.84 Å². The number of unbranched alkanes of at least 4 members (excludes halogenated alkanes) is 1. The van der Waals surface area contributed by atoms with Crippen LogP contribution >= 0.6 is 0 Å². The van der Waals surface area contributed by atoms with Gasteiger partial charge in [-0.1, -0.05) is 13.3 Å². The van der Waals surface area contributed by atoms with E-state index in [1.807, 2.05) is 11.9 Å². The molecule has 0 saturated heterocycles. The van der Waals surface area contributed by atoms with Gasteiger partial charge in [-0.3, -0.25) is 0 Å². The predicted octanol–water partition coefficient (Wildman–Crippen LogP) is 2.22. The average molecular weight is 345 g/mol. The first-order chi connectivity index (χ1) is 10.9. The van der Waals surface area contributed by atoms with Crippen molar-refractivity contribution in [2.75, 3.05) is 47.2 Å². The Kier molecular flexibility index (Phi) is 7.64. The maximum Gasteiger partial charge on any atom is 0.203 e. The Balaban J connectivity index is 2.99. The van der Waals surface area contributed by atoms with Gasteiger partial charge in [-0.2, -0.15) is 0 Å². The molecule has 0 aliphatic rings. The molecule has 0 bridgehead atoms. The summed E-state index contributed by atoms with van der Waals surface area (Å²) in [5, 5.41) is 0. The molecule has 0 amide bonds. The number of sulfone groups is 1. The zero-order valence-corrected chi connectivity index (χ0v) is 15.4. The quantitative estimate of drug-likeness (QED) is 0.648. The van der Waals surface area contributed by atoms with Crippen LogP contribution in [0.25, 0.3) is 0 Å². The molecular weight excluding hydrogens is 318 g/mol. The van der Waals surface area contributed by atoms with Crippen LogP contribution < -0.4 is 14.2 Å². The van der Waals surface area contributed by atoms with Crippen LogP contribution in [-0.2, 0) is 9.84 Å². The summed E-state index contributed by atoms with van der Waals surface area (Å²) in [4.78, 5) is 2.20. The summed E-state index contributed by atoms with van der Waals surface area (Å²) in [6, 6.07) is 2.95. The molecule has 1 aromatic carbocycles. The summed E-state index contributed by atoms with van der Waals surface area (Å²) in [6.45, 7) is 3.49. The summed E-state index contributed by atoms with van der Waals surface area (Å²) in [6.07, 6.45) is 2.14. The fraction of sp³-hybridized carbons (Fsp3) is 0.625. The van der Waals surface area contributed by atoms with Crippen molar-refractivity contribution in [3.8, 4) is 17.2 Å². The van der Waals surface area contributed by atoms with Crippen molar-refractivity contribution in [1.82, 2.24) is 4.90 Å². The van der Waals surface area contributed by atoms with E-state index in [0.29, 0.717) is 23.8 Å². The van der Waals surface area contributed by atoms with Crippen LogP contribution in [0.5, 0.6) is 17.2 Å². The first-order valence-corrected chi connectivity index (χ1v) is 9.26. The number of nitrogens with zero attached hydrogens (tertiary/aromatic N) is 1. The summed E-state index contributed by atoms with van der Waals surface area (Å²) in [5.41, 5.74) is 0. The summed E-state index contributed by atoms with van der Waals surface area (Å²) < 4.78 is 40.8. The first kappa shape index (κ1) is 19.6. The molecule has 0 aromatic heterocycles. The number of ether oxygens (including phenoxy) is 3. The molecular formula is C16H27NO5S. The highest BCUT2D eigenvalue weighted by Gasteiger charge is 2.21. The molecule has 0 aliphatic carbocycles. The van der Waals surface area contributed by atoms with Gasteiger partial charge in [-0.05, 0) is 20.0 Å². The number of hydrogen-bond acceptors (Lipinski definition) is 6. The number of rotatable bonds is 10. The molecule has 1 aromatic rings. The van der Waals surface area contributed by atoms with E-state index in [0.717, 1.165) is 19.4 Å². The lowest BCUT2D eigenvalue weighted by atomic mass is 10.3. The van der Waals surface area contributed by atoms with E-state index in [1.165, 1.54) is 33.5 Å². The lowest BCUT2D eigenvalue weighted by Gasteiger charge is -2.17. The van der Waals surface area contributed by atoms with Gasteiger partial charge in [0.1, 0.15) is 0 Å². The molecule has 0 unspecified atom stereocenters. The van der Waals surface area contributed by atoms with Gasteiger partial charge in [-0.15, -0.1) is 0 Å². The third-order valence-electron chi connectivity index (χ3n) is 3.63. The molecule has 0 fully saturated rings. The minimum Gasteiger partial charge on any atom is -0.493 e. The zero-order valence-electron chi connectivity index (χ0n) is 14.6. The minimum atomic E-state index is -3.43. The highest BCUT2D eigenvalue weighted by atomic mass is 32.2. The van der Waals surface area contributed by atoms with Gasteiger partial charge in [0, 0.05) is 18.7 Å². The van der Waals surface area contributed by atoms with Crippen LogP contribution in [0.4, 0.5) is 0 Å². The number of hydrogen-bond donors (Lipinski definition) is 0. The van der Waals surface area contributed by atoms with Gasteiger partial charge in [0.2, 0.25) is 5.75 Å². The predicted molar refractivity (Wildman–Crippen MR) is 90.6 cm³/mol. The van der Waals surface area contributed by atoms with Crippen LogP contribution in [0, 0.1) is 0 Å². The van der Waals surface area contributed by atoms with E-state index in [-0.39, 0.29) is 10.6 Å². The molecule has 0 heterocycles. The third-order valence-corrected chi connectivity index (χ3v) is 5.31. The second-order valence-electron chi connectivity index (χ2n) is 5.34. The van der Waals surface area contributed by atoms with Crippen molar-refractivity contribution in [3.63, 3.8) is 0 Å². The third kappa shape index (κ3) is 5.28. The monoisotopic (exact) mass is 345 g/mol. The van der Waals surface area contributed by atoms with Crippen LogP contribution in [0.3, 0.4) is 0 Å². The Morgan fingerprint density at radius 2 is 1.57 bits per heavy atom. The molecule has 1 rings (SSSR count). The first-order valence-electron chi connectivity index (χ1n) is 7.60. The smallest absolute Gasteiger partial charge is 0.203 e. The minimum absolute atomic E-state index is 0.0475. The fourth-order valence-electron chi connectivity index (χ4n) is 2.17. The van der Waals surface area contributed by atoms with Crippen LogP contribution in [0.1, 0.15) is 19.8 Å². The Morgan fingerprint density at radius 1 is 1.00 bits per heavy atom. The van der Waals surface area contributed by atoms with Crippen molar-refractivity contribution >= 4 is 9.84 Å². The average Bonchev–Trinajstić information content (AvgIpc) is 2.56. The van der Waals surface area contributed by atoms with E-state index in [2.05, 4.69) is 6.92 Å². The second-order valence-corrected chi connectivity index (χ2v) is 7.45. The van der Waals surface area contributed by atoms with Crippen molar-refractivity contribution in [1.29, 1.82) is 0 Å². The van der Waals surface area contributed by atoms with Crippen LogP contribution in [0.2, 0.25) is 0 Å². The molecule has 0 aliphatic heterocycles. The SMILES string of the molecule is CCCCN(C)CCS(=O)(=O)c1cc(OC)c(OC)c(OC)c1. The lowest BCUT2D eigenvalue weighted by Crippen LogP contribution is -2.26. The van der Waals surface area contributed by atoms with Crippen molar-refractivity contribution in [2.24, 2.45) is 0 Å². The molecule has 0 radical (unpaired) electrons. The normalized spacial score (nSPS) is 11.6. The van der Waals surface area contributed by atoms with Gasteiger partial charge in [-0.25, -0.2) is 8.42 Å². The molecule has 132 valence electrons. The van der Waals surface area contributed by atoms with Gasteiger partial charge < -0.3 is 19.1 Å². The second kappa shape index (κ2) is 8.98. The molecule has 0 N–H and O–H groups in total. The molecule has 0 spiro atoms. The standard InChI is InChI=1S/C16H27NO5S/c1-6-7-8-17(2)9-10-23(18,19)13-11-14(20-3)16(22-5)15(12-13)21-4/h11-12H,6-10H2,1-5H3. The molecule has 23 heavy (non-hydrogen) atoms. The topological polar surface area (TPSA) is 65.1 Å². The van der Waals surface area contributed by atoms with E-state index in [9.17, 15) is 8.42 Å². The molecule has 0 saturated carbocycles. The Labute approximate surface area is 139 Å². The summed E-state index contributed by atoms with van der Waals surface area (Å²) in [5.74, 6) is 1.11. The summed E-state index contributed by atoms with van der Waals surface area (Å²) in [7, 11) is 2.92. The molecule has 6 nitrogen and oxygen atoms in total. The Hall–Kier alpha value is -1.47. The molecule has 7 heteroatoms. The Morgan fingerprint density at radius 3 is 2.00 bits per heavy atom. The number of methoxy groups -OCH3 is 3. The van der Waals surface area contributed by atoms with Crippen molar-refractivity contribution < 1.29 is 22.6 Å². The molecule has 0 atom stereocenters. The van der Waals surface area contributed by atoms with Crippen LogP contribution in [0.15, 0.2) is 17.0 Å². The largest absolute Gasteiger partial charge is 0.493 e. The Bertz CT molecular complexity index is 575. The lowest BCUT2D eigenvalue weighted by molar-refractivity contribution is 0.322. The van der Waals surface area contributed by atoms with E-state index >= 15 is 0 Å². The summed E-state index contributed by atoms with van der Waals surface area (Å²) >= 11 is 0. The number of benzene rings is 1. The van der Waals surface area contributed by atoms with E-state index in [4.69, 9.17) is 14.2 Å². The van der Waals surface area contributed by atoms with E-state index in [1.54, 1.807) is 0 Å². The highest BCUT2D eigenvalue weighted by Crippen LogP contribution is 2.39. The van der Waals surface area contributed by atoms with Crippen molar-refractivity contribution in [3.05, 3.63) is 12.1 Å². The van der Waals surface area contributed by atoms with Gasteiger partial charge in [0.05, 0.1) is 32.0 Å². The van der Waals surface area contributed by atoms with Gasteiger partial charge in [0.15, 0.2) is 21.3 Å². The highest BCUT2D eigenvalue weighted by molar-refractivity contribution is 7.91. The maximum absolute atomic E-state index is 12.6. The zero-order chi connectivity index (χ0) is 17.5. The fourth-order valence-corrected chi connectivity index (χ4v) is 3.53. The van der Waals surface area contributed by atoms with Crippen molar-refractivity contribution in [2.45, 2.75) is 24.7 Å². The van der Waals surface area contributed by atoms with Gasteiger partial charge >= 0.3 is 0 Å². The maximum atomic E-state index is 12.6. The van der Waals surface area contributed by atoms with Crippen LogP contribution in [-0.4, -0.2) is 60.5 Å².